The first-order chi connectivity index (χ1) is 14.6. The third kappa shape index (κ3) is 5.74. The third-order valence-electron chi connectivity index (χ3n) is 5.33. The molecule has 1 heterocycles. The molecule has 0 spiro atoms. The van der Waals surface area contributed by atoms with Gasteiger partial charge in [0.05, 0.1) is 26.9 Å². The van der Waals surface area contributed by atoms with Crippen molar-refractivity contribution < 1.29 is 19.0 Å². The zero-order valence-corrected chi connectivity index (χ0v) is 18.2. The molecule has 1 aliphatic rings. The summed E-state index contributed by atoms with van der Waals surface area (Å²) in [6, 6.07) is 15.6. The molecule has 0 saturated carbocycles. The zero-order chi connectivity index (χ0) is 21.3. The Morgan fingerprint density at radius 2 is 1.87 bits per heavy atom. The molecule has 162 valence electrons. The molecule has 2 aromatic rings. The number of benzene rings is 2. The van der Waals surface area contributed by atoms with Crippen molar-refractivity contribution in [1.29, 1.82) is 0 Å². The van der Waals surface area contributed by atoms with Crippen LogP contribution in [0.5, 0.6) is 11.5 Å². The predicted octanol–water partition coefficient (Wildman–Crippen LogP) is 3.46. The van der Waals surface area contributed by atoms with E-state index in [-0.39, 0.29) is 11.9 Å². The molecular weight excluding hydrogens is 380 g/mol. The Hall–Kier alpha value is -2.57. The van der Waals surface area contributed by atoms with E-state index in [9.17, 15) is 4.79 Å². The first-order valence-electron chi connectivity index (χ1n) is 10.6. The summed E-state index contributed by atoms with van der Waals surface area (Å²) in [5, 5.41) is 0. The lowest BCUT2D eigenvalue weighted by Crippen LogP contribution is -2.48. The Bertz CT molecular complexity index is 806. The number of ether oxygens (including phenoxy) is 3. The van der Waals surface area contributed by atoms with Crippen LogP contribution in [0, 0.1) is 0 Å². The summed E-state index contributed by atoms with van der Waals surface area (Å²) in [6.07, 6.45) is 0. The molecule has 0 aliphatic carbocycles. The monoisotopic (exact) mass is 412 g/mol. The molecule has 0 aromatic heterocycles. The highest BCUT2D eigenvalue weighted by Gasteiger charge is 2.25. The second kappa shape index (κ2) is 11.0. The van der Waals surface area contributed by atoms with Gasteiger partial charge in [-0.15, -0.1) is 0 Å². The lowest BCUT2D eigenvalue weighted by molar-refractivity contribution is 0.0228. The lowest BCUT2D eigenvalue weighted by Gasteiger charge is -2.35. The molecule has 2 aromatic carbocycles. The van der Waals surface area contributed by atoms with Crippen LogP contribution in [0.2, 0.25) is 0 Å². The Kier molecular flexibility index (Phi) is 8.11. The maximum atomic E-state index is 13.6. The van der Waals surface area contributed by atoms with E-state index in [0.29, 0.717) is 30.2 Å². The van der Waals surface area contributed by atoms with Crippen molar-refractivity contribution in [1.82, 2.24) is 9.80 Å². The third-order valence-corrected chi connectivity index (χ3v) is 5.33. The lowest BCUT2D eigenvalue weighted by atomic mass is 10.1. The highest BCUT2D eigenvalue weighted by atomic mass is 16.5. The fraction of sp³-hybridized carbons (Fsp3) is 0.458. The van der Waals surface area contributed by atoms with Crippen LogP contribution in [-0.2, 0) is 11.3 Å². The van der Waals surface area contributed by atoms with E-state index < -0.39 is 0 Å². The Morgan fingerprint density at radius 3 is 2.53 bits per heavy atom. The summed E-state index contributed by atoms with van der Waals surface area (Å²) in [5.41, 5.74) is 1.71. The number of amides is 1. The van der Waals surface area contributed by atoms with Gasteiger partial charge in [0.15, 0.2) is 11.5 Å². The molecule has 6 heteroatoms. The van der Waals surface area contributed by atoms with Gasteiger partial charge in [0.25, 0.3) is 5.91 Å². The zero-order valence-electron chi connectivity index (χ0n) is 18.2. The second-order valence-electron chi connectivity index (χ2n) is 7.48. The van der Waals surface area contributed by atoms with Crippen LogP contribution in [0.4, 0.5) is 0 Å². The standard InChI is InChI=1S/C24H32N2O4/c1-4-30-22-11-10-21(16-23(22)28-3)24(27)26(18-20-8-6-5-7-9-20)19(2)17-25-12-14-29-15-13-25/h5-11,16,19H,4,12-15,17-18H2,1-3H3. The highest BCUT2D eigenvalue weighted by molar-refractivity contribution is 5.95. The van der Waals surface area contributed by atoms with E-state index in [1.807, 2.05) is 42.2 Å². The van der Waals surface area contributed by atoms with Gasteiger partial charge in [-0.3, -0.25) is 9.69 Å². The molecule has 0 N–H and O–H groups in total. The van der Waals surface area contributed by atoms with Crippen molar-refractivity contribution in [2.45, 2.75) is 26.4 Å². The number of methoxy groups -OCH3 is 1. The number of carbonyl (C=O) groups is 1. The minimum Gasteiger partial charge on any atom is -0.493 e. The number of rotatable bonds is 9. The fourth-order valence-electron chi connectivity index (χ4n) is 3.71. The summed E-state index contributed by atoms with van der Waals surface area (Å²) in [6.45, 7) is 9.24. The van der Waals surface area contributed by atoms with Crippen LogP contribution in [0.15, 0.2) is 48.5 Å². The molecule has 0 bridgehead atoms. The van der Waals surface area contributed by atoms with Crippen molar-refractivity contribution in [2.75, 3.05) is 46.6 Å². The van der Waals surface area contributed by atoms with Crippen molar-refractivity contribution >= 4 is 5.91 Å². The Morgan fingerprint density at radius 1 is 1.13 bits per heavy atom. The number of carbonyl (C=O) groups excluding carboxylic acids is 1. The van der Waals surface area contributed by atoms with Gasteiger partial charge in [0, 0.05) is 37.8 Å². The van der Waals surface area contributed by atoms with Gasteiger partial charge in [-0.25, -0.2) is 0 Å². The molecule has 1 unspecified atom stereocenters. The van der Waals surface area contributed by atoms with Gasteiger partial charge >= 0.3 is 0 Å². The second-order valence-corrected chi connectivity index (χ2v) is 7.48. The van der Waals surface area contributed by atoms with E-state index >= 15 is 0 Å². The maximum Gasteiger partial charge on any atom is 0.254 e. The minimum atomic E-state index is -0.0130. The normalized spacial score (nSPS) is 15.4. The van der Waals surface area contributed by atoms with Crippen molar-refractivity contribution in [3.8, 4) is 11.5 Å². The summed E-state index contributed by atoms with van der Waals surface area (Å²) in [5.74, 6) is 1.21. The first kappa shape index (κ1) is 22.1. The molecule has 1 fully saturated rings. The predicted molar refractivity (Wildman–Crippen MR) is 117 cm³/mol. The van der Waals surface area contributed by atoms with Crippen molar-refractivity contribution in [3.63, 3.8) is 0 Å². The summed E-state index contributed by atoms with van der Waals surface area (Å²) in [7, 11) is 1.59. The quantitative estimate of drug-likeness (QED) is 0.631. The summed E-state index contributed by atoms with van der Waals surface area (Å²) < 4.78 is 16.5. The van der Waals surface area contributed by atoms with Gasteiger partial charge < -0.3 is 19.1 Å². The van der Waals surface area contributed by atoms with Gasteiger partial charge in [-0.1, -0.05) is 30.3 Å². The number of nitrogens with zero attached hydrogens (tertiary/aromatic N) is 2. The van der Waals surface area contributed by atoms with Gasteiger partial charge in [0.1, 0.15) is 0 Å². The van der Waals surface area contributed by atoms with Gasteiger partial charge in [-0.05, 0) is 37.6 Å². The van der Waals surface area contributed by atoms with Crippen LogP contribution >= 0.6 is 0 Å². The molecule has 1 amide bonds. The summed E-state index contributed by atoms with van der Waals surface area (Å²) >= 11 is 0. The SMILES string of the molecule is CCOc1ccc(C(=O)N(Cc2ccccc2)C(C)CN2CCOCC2)cc1OC. The molecule has 1 aliphatic heterocycles. The average Bonchev–Trinajstić information content (AvgIpc) is 2.79. The molecule has 30 heavy (non-hydrogen) atoms. The maximum absolute atomic E-state index is 13.6. The van der Waals surface area contributed by atoms with E-state index in [0.717, 1.165) is 38.4 Å². The molecule has 6 nitrogen and oxygen atoms in total. The fourth-order valence-corrected chi connectivity index (χ4v) is 3.71. The van der Waals surface area contributed by atoms with Crippen LogP contribution in [-0.4, -0.2) is 68.3 Å². The molecule has 0 radical (unpaired) electrons. The van der Waals surface area contributed by atoms with E-state index in [1.165, 1.54) is 0 Å². The largest absolute Gasteiger partial charge is 0.493 e. The Balaban J connectivity index is 1.83. The van der Waals surface area contributed by atoms with Crippen molar-refractivity contribution in [2.24, 2.45) is 0 Å². The summed E-state index contributed by atoms with van der Waals surface area (Å²) in [4.78, 5) is 17.9. The Labute approximate surface area is 179 Å². The smallest absolute Gasteiger partial charge is 0.254 e. The van der Waals surface area contributed by atoms with Crippen LogP contribution in [0.3, 0.4) is 0 Å². The molecular formula is C24H32N2O4. The molecule has 1 saturated heterocycles. The topological polar surface area (TPSA) is 51.2 Å². The number of hydrogen-bond acceptors (Lipinski definition) is 5. The van der Waals surface area contributed by atoms with E-state index in [4.69, 9.17) is 14.2 Å². The molecule has 1 atom stereocenters. The van der Waals surface area contributed by atoms with Crippen LogP contribution < -0.4 is 9.47 Å². The number of hydrogen-bond donors (Lipinski definition) is 0. The average molecular weight is 413 g/mol. The van der Waals surface area contributed by atoms with E-state index in [1.54, 1.807) is 13.2 Å². The number of morpholine rings is 1. The highest BCUT2D eigenvalue weighted by Crippen LogP contribution is 2.29. The van der Waals surface area contributed by atoms with E-state index in [2.05, 4.69) is 24.0 Å². The molecule has 3 rings (SSSR count). The van der Waals surface area contributed by atoms with Crippen LogP contribution in [0.1, 0.15) is 29.8 Å². The minimum absolute atomic E-state index is 0.0130. The first-order valence-corrected chi connectivity index (χ1v) is 10.6. The van der Waals surface area contributed by atoms with Crippen LogP contribution in [0.25, 0.3) is 0 Å². The van der Waals surface area contributed by atoms with Gasteiger partial charge in [0.2, 0.25) is 0 Å². The van der Waals surface area contributed by atoms with Crippen molar-refractivity contribution in [3.05, 3.63) is 59.7 Å². The van der Waals surface area contributed by atoms with Gasteiger partial charge in [-0.2, -0.15) is 0 Å².